The fourth-order valence-electron chi connectivity index (χ4n) is 4.01. The topological polar surface area (TPSA) is 273 Å². The number of aliphatic carboxylic acids is 3. The first-order chi connectivity index (χ1) is 22.1. The SMILES string of the molecule is C[C@@H](O)C(=O)OCCCN.C[C@@H](O)C(=O)OCCCNC(=O)CN1CCN(CC(=O)O)CCN(CC(=O)O)CCN(CC(=O)O)CC1.[HH].[HH]. The van der Waals surface area contributed by atoms with Crippen LogP contribution in [-0.4, -0.2) is 198 Å². The molecular weight excluding hydrogens is 628 g/mol. The van der Waals surface area contributed by atoms with Gasteiger partial charge in [0.25, 0.3) is 0 Å². The van der Waals surface area contributed by atoms with E-state index in [1.807, 2.05) is 4.90 Å². The average molecular weight is 685 g/mol. The van der Waals surface area contributed by atoms with Gasteiger partial charge in [-0.25, -0.2) is 9.59 Å². The van der Waals surface area contributed by atoms with Crippen LogP contribution in [0.1, 0.15) is 29.5 Å². The number of hydrogen-bond donors (Lipinski definition) is 7. The molecule has 19 nitrogen and oxygen atoms in total. The van der Waals surface area contributed by atoms with E-state index in [1.54, 1.807) is 14.7 Å². The molecule has 1 amide bonds. The molecule has 47 heavy (non-hydrogen) atoms. The first-order valence-electron chi connectivity index (χ1n) is 15.4. The summed E-state index contributed by atoms with van der Waals surface area (Å²) in [4.78, 5) is 74.9. The maximum Gasteiger partial charge on any atom is 0.334 e. The third-order valence-corrected chi connectivity index (χ3v) is 6.54. The monoisotopic (exact) mass is 684 g/mol. The van der Waals surface area contributed by atoms with Crippen molar-refractivity contribution in [1.29, 1.82) is 0 Å². The third kappa shape index (κ3) is 24.4. The highest BCUT2D eigenvalue weighted by atomic mass is 16.6. The van der Waals surface area contributed by atoms with E-state index in [2.05, 4.69) is 10.1 Å². The van der Waals surface area contributed by atoms with Crippen LogP contribution in [0.5, 0.6) is 0 Å². The summed E-state index contributed by atoms with van der Waals surface area (Å²) < 4.78 is 9.41. The number of carboxylic acid groups (broad SMARTS) is 3. The summed E-state index contributed by atoms with van der Waals surface area (Å²) in [5.41, 5.74) is 5.14. The predicted molar refractivity (Wildman–Crippen MR) is 169 cm³/mol. The molecule has 19 heteroatoms. The second-order valence-corrected chi connectivity index (χ2v) is 10.8. The van der Waals surface area contributed by atoms with Crippen molar-refractivity contribution in [3.63, 3.8) is 0 Å². The van der Waals surface area contributed by atoms with Gasteiger partial charge in [0.1, 0.15) is 12.2 Å². The molecule has 1 aliphatic heterocycles. The largest absolute Gasteiger partial charge is 0.480 e. The minimum absolute atomic E-state index is 0. The zero-order valence-corrected chi connectivity index (χ0v) is 27.3. The predicted octanol–water partition coefficient (Wildman–Crippen LogP) is -3.36. The van der Waals surface area contributed by atoms with E-state index in [9.17, 15) is 44.1 Å². The summed E-state index contributed by atoms with van der Waals surface area (Å²) in [6.45, 7) is 5.50. The van der Waals surface area contributed by atoms with Crippen LogP contribution in [0.25, 0.3) is 0 Å². The smallest absolute Gasteiger partial charge is 0.334 e. The zero-order chi connectivity index (χ0) is 35.8. The van der Waals surface area contributed by atoms with Gasteiger partial charge in [0.2, 0.25) is 5.91 Å². The van der Waals surface area contributed by atoms with Gasteiger partial charge in [0, 0.05) is 61.8 Å². The van der Waals surface area contributed by atoms with E-state index < -0.39 is 42.1 Å². The van der Waals surface area contributed by atoms with E-state index in [0.29, 0.717) is 78.4 Å². The molecule has 0 bridgehead atoms. The zero-order valence-electron chi connectivity index (χ0n) is 27.3. The Bertz CT molecular complexity index is 949. The number of nitrogens with zero attached hydrogens (tertiary/aromatic N) is 4. The molecule has 0 unspecified atom stereocenters. The minimum Gasteiger partial charge on any atom is -0.480 e. The van der Waals surface area contributed by atoms with Gasteiger partial charge >= 0.3 is 29.8 Å². The summed E-state index contributed by atoms with van der Waals surface area (Å²) in [7, 11) is 0. The summed E-state index contributed by atoms with van der Waals surface area (Å²) >= 11 is 0. The van der Waals surface area contributed by atoms with Crippen molar-refractivity contribution in [2.45, 2.75) is 38.9 Å². The number of nitrogens with two attached hydrogens (primary N) is 1. The van der Waals surface area contributed by atoms with E-state index >= 15 is 0 Å². The Kier molecular flexibility index (Phi) is 23.7. The van der Waals surface area contributed by atoms with Crippen molar-refractivity contribution >= 4 is 35.8 Å². The number of carbonyl (C=O) groups is 6. The normalized spacial score (nSPS) is 17.0. The number of aliphatic hydroxyl groups excluding tert-OH is 2. The van der Waals surface area contributed by atoms with Gasteiger partial charge < -0.3 is 46.1 Å². The lowest BCUT2D eigenvalue weighted by Crippen LogP contribution is -2.49. The van der Waals surface area contributed by atoms with Crippen LogP contribution in [0, 0.1) is 0 Å². The second-order valence-electron chi connectivity index (χ2n) is 10.8. The van der Waals surface area contributed by atoms with Crippen molar-refractivity contribution in [1.82, 2.24) is 24.9 Å². The summed E-state index contributed by atoms with van der Waals surface area (Å²) in [6.07, 6.45) is -1.25. The molecule has 0 saturated carbocycles. The van der Waals surface area contributed by atoms with Crippen molar-refractivity contribution < 1.29 is 66.6 Å². The standard InChI is InChI=1S/C22H39N5O10.C6H13NO3.2H2/c1-17(28)22(36)37-12-2-3-23-18(29)13-24-4-6-25(14-19(30)31)8-10-27(16-21(34)35)11-9-26(7-5-24)15-20(32)33;1-5(8)6(9)10-4-2-3-7;;/h17,28H,2-16H2,1H3,(H,23,29)(H,30,31)(H,32,33)(H,34,35);5,8H,2-4,7H2,1H3;2*1H/t17-;5-;;/m11../s1. The molecule has 1 saturated heterocycles. The van der Waals surface area contributed by atoms with Gasteiger partial charge in [-0.2, -0.15) is 0 Å². The second kappa shape index (κ2) is 25.6. The van der Waals surface area contributed by atoms with Crippen LogP contribution in [0.4, 0.5) is 0 Å². The summed E-state index contributed by atoms with van der Waals surface area (Å²) in [6, 6.07) is 0. The molecule has 1 heterocycles. The number of amides is 1. The van der Waals surface area contributed by atoms with Crippen molar-refractivity contribution in [2.75, 3.05) is 105 Å². The van der Waals surface area contributed by atoms with Crippen molar-refractivity contribution in [2.24, 2.45) is 5.73 Å². The fraction of sp³-hybridized carbons (Fsp3) is 0.786. The van der Waals surface area contributed by atoms with E-state index in [0.717, 1.165) is 0 Å². The Morgan fingerprint density at radius 3 is 1.26 bits per heavy atom. The van der Waals surface area contributed by atoms with E-state index in [1.165, 1.54) is 13.8 Å². The highest BCUT2D eigenvalue weighted by molar-refractivity contribution is 5.78. The number of carboxylic acids is 3. The van der Waals surface area contributed by atoms with Gasteiger partial charge in [0.05, 0.1) is 39.4 Å². The first-order valence-corrected chi connectivity index (χ1v) is 15.4. The van der Waals surface area contributed by atoms with Crippen molar-refractivity contribution in [3.8, 4) is 0 Å². The molecule has 0 aliphatic carbocycles. The van der Waals surface area contributed by atoms with Crippen LogP contribution in [0.2, 0.25) is 0 Å². The number of ether oxygens (including phenoxy) is 2. The Morgan fingerprint density at radius 1 is 0.638 bits per heavy atom. The van der Waals surface area contributed by atoms with Gasteiger partial charge in [-0.05, 0) is 33.2 Å². The highest BCUT2D eigenvalue weighted by Gasteiger charge is 2.21. The molecule has 0 aromatic rings. The third-order valence-electron chi connectivity index (χ3n) is 6.54. The van der Waals surface area contributed by atoms with Crippen LogP contribution >= 0.6 is 0 Å². The van der Waals surface area contributed by atoms with Crippen LogP contribution in [-0.2, 0) is 38.2 Å². The van der Waals surface area contributed by atoms with E-state index in [-0.39, 0.29) is 48.1 Å². The molecule has 1 aliphatic rings. The lowest BCUT2D eigenvalue weighted by atomic mass is 10.3. The molecule has 1 rings (SSSR count). The van der Waals surface area contributed by atoms with Gasteiger partial charge in [-0.1, -0.05) is 0 Å². The van der Waals surface area contributed by atoms with Gasteiger partial charge in [0.15, 0.2) is 0 Å². The number of nitrogens with one attached hydrogen (secondary N) is 1. The van der Waals surface area contributed by atoms with Crippen molar-refractivity contribution in [3.05, 3.63) is 0 Å². The lowest BCUT2D eigenvalue weighted by Gasteiger charge is -2.32. The molecule has 0 spiro atoms. The number of hydrogen-bond acceptors (Lipinski definition) is 15. The average Bonchev–Trinajstić information content (AvgIpc) is 2.97. The molecule has 276 valence electrons. The quantitative estimate of drug-likeness (QED) is 0.0582. The maximum atomic E-state index is 12.5. The minimum atomic E-state index is -1.22. The van der Waals surface area contributed by atoms with Crippen LogP contribution in [0.15, 0.2) is 0 Å². The number of esters is 2. The van der Waals surface area contributed by atoms with Gasteiger partial charge in [-0.3, -0.25) is 38.8 Å². The Hall–Kier alpha value is -3.46. The number of aliphatic hydroxyl groups is 2. The Labute approximate surface area is 277 Å². The first kappa shape index (κ1) is 43.5. The highest BCUT2D eigenvalue weighted by Crippen LogP contribution is 2.02. The lowest BCUT2D eigenvalue weighted by molar-refractivity contribution is -0.153. The Balaban J connectivity index is -0.00000152. The molecule has 2 atom stereocenters. The molecule has 0 radical (unpaired) electrons. The Morgan fingerprint density at radius 2 is 0.957 bits per heavy atom. The van der Waals surface area contributed by atoms with Crippen LogP contribution < -0.4 is 11.1 Å². The maximum absolute atomic E-state index is 12.5. The summed E-state index contributed by atoms with van der Waals surface area (Å²) in [5.74, 6) is -4.70. The molecular formula is C28H56N6O13. The molecule has 8 N–H and O–H groups in total. The van der Waals surface area contributed by atoms with Crippen LogP contribution in [0.3, 0.4) is 0 Å². The molecule has 1 fully saturated rings. The molecule has 0 aromatic carbocycles. The van der Waals surface area contributed by atoms with Gasteiger partial charge in [-0.15, -0.1) is 0 Å². The van der Waals surface area contributed by atoms with E-state index in [4.69, 9.17) is 20.7 Å². The fourth-order valence-corrected chi connectivity index (χ4v) is 4.01. The summed E-state index contributed by atoms with van der Waals surface area (Å²) in [5, 5.41) is 48.2. The molecule has 0 aromatic heterocycles. The number of rotatable bonds is 17. The number of carbonyl (C=O) groups excluding carboxylic acids is 3.